The van der Waals surface area contributed by atoms with Crippen LogP contribution < -0.4 is 0 Å². The summed E-state index contributed by atoms with van der Waals surface area (Å²) in [6, 6.07) is 7.60. The number of hydrogen-bond donors (Lipinski definition) is 0. The van der Waals surface area contributed by atoms with E-state index in [2.05, 4.69) is 0 Å². The first-order valence-corrected chi connectivity index (χ1v) is 9.38. The van der Waals surface area contributed by atoms with Crippen LogP contribution in [0.1, 0.15) is 56.3 Å². The lowest BCUT2D eigenvalue weighted by molar-refractivity contribution is -0.149. The first-order chi connectivity index (χ1) is 13.0. The molecule has 1 aromatic carbocycles. The average Bonchev–Trinajstić information content (AvgIpc) is 2.69. The summed E-state index contributed by atoms with van der Waals surface area (Å²) >= 11 is 0. The van der Waals surface area contributed by atoms with E-state index in [1.54, 1.807) is 44.2 Å². The van der Waals surface area contributed by atoms with Crippen LogP contribution in [0.25, 0.3) is 0 Å². The molecule has 148 valence electrons. The van der Waals surface area contributed by atoms with Crippen molar-refractivity contribution >= 4 is 18.0 Å². The maximum atomic E-state index is 12.6. The predicted molar refractivity (Wildman–Crippen MR) is 98.0 cm³/mol. The third-order valence-corrected chi connectivity index (χ3v) is 4.61. The van der Waals surface area contributed by atoms with E-state index in [1.807, 2.05) is 0 Å². The molecule has 0 radical (unpaired) electrons. The SMILES string of the molecule is CCOC(=O)C(C)N(C(=O)OCOC(=O)c1ccccc1)C1CCCCC1. The molecule has 27 heavy (non-hydrogen) atoms. The molecule has 1 unspecified atom stereocenters. The van der Waals surface area contributed by atoms with Crippen molar-refractivity contribution in [2.45, 2.75) is 58.0 Å². The third-order valence-electron chi connectivity index (χ3n) is 4.61. The Hall–Kier alpha value is -2.57. The van der Waals surface area contributed by atoms with E-state index in [9.17, 15) is 14.4 Å². The molecule has 1 aliphatic carbocycles. The molecule has 7 nitrogen and oxygen atoms in total. The number of ether oxygens (including phenoxy) is 3. The van der Waals surface area contributed by atoms with Gasteiger partial charge in [-0.05, 0) is 38.8 Å². The van der Waals surface area contributed by atoms with E-state index in [1.165, 1.54) is 4.90 Å². The fourth-order valence-electron chi connectivity index (χ4n) is 3.22. The zero-order chi connectivity index (χ0) is 19.6. The molecule has 1 aliphatic rings. The van der Waals surface area contributed by atoms with Crippen molar-refractivity contribution in [3.63, 3.8) is 0 Å². The third kappa shape index (κ3) is 5.98. The van der Waals surface area contributed by atoms with E-state index < -0.39 is 30.9 Å². The summed E-state index contributed by atoms with van der Waals surface area (Å²) in [5.41, 5.74) is 0.373. The monoisotopic (exact) mass is 377 g/mol. The number of carbonyl (C=O) groups is 3. The zero-order valence-electron chi connectivity index (χ0n) is 15.9. The minimum absolute atomic E-state index is 0.0875. The molecule has 0 heterocycles. The lowest BCUT2D eigenvalue weighted by Crippen LogP contribution is -2.51. The second kappa shape index (κ2) is 10.5. The summed E-state index contributed by atoms with van der Waals surface area (Å²) in [5.74, 6) is -1.05. The zero-order valence-corrected chi connectivity index (χ0v) is 15.9. The highest BCUT2D eigenvalue weighted by Crippen LogP contribution is 2.25. The van der Waals surface area contributed by atoms with E-state index in [0.29, 0.717) is 5.56 Å². The molecule has 1 aromatic rings. The van der Waals surface area contributed by atoms with Crippen LogP contribution in [0.15, 0.2) is 30.3 Å². The fraction of sp³-hybridized carbons (Fsp3) is 0.550. The minimum Gasteiger partial charge on any atom is -0.464 e. The molecule has 0 saturated heterocycles. The molecule has 7 heteroatoms. The van der Waals surface area contributed by atoms with Gasteiger partial charge in [0.1, 0.15) is 6.04 Å². The van der Waals surface area contributed by atoms with Crippen LogP contribution in [-0.4, -0.2) is 48.4 Å². The summed E-state index contributed by atoms with van der Waals surface area (Å²) in [6.45, 7) is 3.08. The van der Waals surface area contributed by atoms with Gasteiger partial charge in [0, 0.05) is 6.04 Å². The van der Waals surface area contributed by atoms with Crippen LogP contribution in [0.4, 0.5) is 4.79 Å². The highest BCUT2D eigenvalue weighted by molar-refractivity contribution is 5.89. The van der Waals surface area contributed by atoms with Crippen LogP contribution in [0.2, 0.25) is 0 Å². The lowest BCUT2D eigenvalue weighted by Gasteiger charge is -2.36. The van der Waals surface area contributed by atoms with Crippen molar-refractivity contribution in [2.24, 2.45) is 0 Å². The fourth-order valence-corrected chi connectivity index (χ4v) is 3.22. The van der Waals surface area contributed by atoms with Crippen molar-refractivity contribution in [2.75, 3.05) is 13.4 Å². The maximum absolute atomic E-state index is 12.6. The summed E-state index contributed by atoms with van der Waals surface area (Å²) in [4.78, 5) is 38.1. The van der Waals surface area contributed by atoms with Gasteiger partial charge in [-0.3, -0.25) is 4.90 Å². The van der Waals surface area contributed by atoms with Crippen LogP contribution in [-0.2, 0) is 19.0 Å². The molecule has 0 aliphatic heterocycles. The van der Waals surface area contributed by atoms with Gasteiger partial charge < -0.3 is 14.2 Å². The predicted octanol–water partition coefficient (Wildman–Crippen LogP) is 3.52. The highest BCUT2D eigenvalue weighted by Gasteiger charge is 2.35. The van der Waals surface area contributed by atoms with Gasteiger partial charge >= 0.3 is 18.0 Å². The largest absolute Gasteiger partial charge is 0.464 e. The summed E-state index contributed by atoms with van der Waals surface area (Å²) in [6.07, 6.45) is 4.04. The Morgan fingerprint density at radius 1 is 1.04 bits per heavy atom. The molecule has 0 aromatic heterocycles. The maximum Gasteiger partial charge on any atom is 0.413 e. The normalized spacial score (nSPS) is 15.5. The molecule has 0 bridgehead atoms. The smallest absolute Gasteiger partial charge is 0.413 e. The summed E-state index contributed by atoms with van der Waals surface area (Å²) in [7, 11) is 0. The Morgan fingerprint density at radius 2 is 1.70 bits per heavy atom. The highest BCUT2D eigenvalue weighted by atomic mass is 16.7. The molecule has 1 amide bonds. The van der Waals surface area contributed by atoms with Crippen LogP contribution in [0.5, 0.6) is 0 Å². The number of amides is 1. The Morgan fingerprint density at radius 3 is 2.33 bits per heavy atom. The Balaban J connectivity index is 1.96. The van der Waals surface area contributed by atoms with Crippen molar-refractivity contribution < 1.29 is 28.6 Å². The van der Waals surface area contributed by atoms with Gasteiger partial charge in [-0.1, -0.05) is 37.5 Å². The van der Waals surface area contributed by atoms with Crippen LogP contribution in [0, 0.1) is 0 Å². The minimum atomic E-state index is -0.759. The van der Waals surface area contributed by atoms with Crippen LogP contribution in [0.3, 0.4) is 0 Å². The summed E-state index contributed by atoms with van der Waals surface area (Å²) in [5, 5.41) is 0. The standard InChI is InChI=1S/C20H27NO6/c1-3-25-18(22)15(2)21(17-12-8-5-9-13-17)20(24)27-14-26-19(23)16-10-6-4-7-11-16/h4,6-7,10-11,15,17H,3,5,8-9,12-14H2,1-2H3. The van der Waals surface area contributed by atoms with E-state index >= 15 is 0 Å². The summed E-state index contributed by atoms with van der Waals surface area (Å²) < 4.78 is 15.2. The molecule has 1 fully saturated rings. The van der Waals surface area contributed by atoms with E-state index in [-0.39, 0.29) is 12.6 Å². The molecular weight excluding hydrogens is 350 g/mol. The number of benzene rings is 1. The van der Waals surface area contributed by atoms with Gasteiger partial charge in [0.15, 0.2) is 0 Å². The average molecular weight is 377 g/mol. The molecule has 2 rings (SSSR count). The Kier molecular flexibility index (Phi) is 8.10. The first kappa shape index (κ1) is 20.7. The second-order valence-corrected chi connectivity index (χ2v) is 6.45. The van der Waals surface area contributed by atoms with Gasteiger partial charge in [-0.15, -0.1) is 0 Å². The van der Waals surface area contributed by atoms with Crippen molar-refractivity contribution in [1.82, 2.24) is 4.90 Å². The first-order valence-electron chi connectivity index (χ1n) is 9.38. The van der Waals surface area contributed by atoms with E-state index in [4.69, 9.17) is 14.2 Å². The number of hydrogen-bond acceptors (Lipinski definition) is 6. The number of nitrogens with zero attached hydrogens (tertiary/aromatic N) is 1. The van der Waals surface area contributed by atoms with Crippen molar-refractivity contribution in [3.8, 4) is 0 Å². The number of esters is 2. The van der Waals surface area contributed by atoms with Gasteiger partial charge in [0.05, 0.1) is 12.2 Å². The van der Waals surface area contributed by atoms with Gasteiger partial charge in [-0.25, -0.2) is 14.4 Å². The second-order valence-electron chi connectivity index (χ2n) is 6.45. The van der Waals surface area contributed by atoms with Gasteiger partial charge in [0.2, 0.25) is 6.79 Å². The molecule has 0 spiro atoms. The van der Waals surface area contributed by atoms with E-state index in [0.717, 1.165) is 32.1 Å². The van der Waals surface area contributed by atoms with Crippen molar-refractivity contribution in [1.29, 1.82) is 0 Å². The Bertz CT molecular complexity index is 627. The topological polar surface area (TPSA) is 82.1 Å². The Labute approximate surface area is 159 Å². The molecule has 1 saturated carbocycles. The molecular formula is C20H27NO6. The van der Waals surface area contributed by atoms with Crippen LogP contribution >= 0.6 is 0 Å². The van der Waals surface area contributed by atoms with Gasteiger partial charge in [0.25, 0.3) is 0 Å². The quantitative estimate of drug-likeness (QED) is 0.534. The molecule has 1 atom stereocenters. The van der Waals surface area contributed by atoms with Gasteiger partial charge in [-0.2, -0.15) is 0 Å². The number of rotatable bonds is 7. The van der Waals surface area contributed by atoms with Crippen molar-refractivity contribution in [3.05, 3.63) is 35.9 Å². The molecule has 0 N–H and O–H groups in total. The lowest BCUT2D eigenvalue weighted by atomic mass is 9.93. The number of carbonyl (C=O) groups excluding carboxylic acids is 3.